The van der Waals surface area contributed by atoms with Crippen molar-refractivity contribution in [3.05, 3.63) is 23.6 Å². The molecular formula is C8H13F. The Hall–Kier alpha value is -0.590. The molecule has 9 heavy (non-hydrogen) atoms. The lowest BCUT2D eigenvalue weighted by molar-refractivity contribution is 0.638. The lowest BCUT2D eigenvalue weighted by Gasteiger charge is -1.92. The Labute approximate surface area is 56.1 Å². The SMILES string of the molecule is C/C=C(\C=C(/C)F)CC. The smallest absolute Gasteiger partial charge is 0.0971 e. The van der Waals surface area contributed by atoms with Gasteiger partial charge in [0.1, 0.15) is 0 Å². The summed E-state index contributed by atoms with van der Waals surface area (Å²) in [6, 6.07) is 0. The summed E-state index contributed by atoms with van der Waals surface area (Å²) in [6.45, 7) is 5.38. The molecule has 1 heteroatoms. The predicted octanol–water partition coefficient (Wildman–Crippen LogP) is 3.22. The monoisotopic (exact) mass is 128 g/mol. The van der Waals surface area contributed by atoms with E-state index in [1.54, 1.807) is 6.08 Å². The summed E-state index contributed by atoms with van der Waals surface area (Å²) in [5.74, 6) is -0.120. The predicted molar refractivity (Wildman–Crippen MR) is 38.9 cm³/mol. The van der Waals surface area contributed by atoms with Crippen molar-refractivity contribution >= 4 is 0 Å². The first-order valence-corrected chi connectivity index (χ1v) is 3.19. The fourth-order valence-electron chi connectivity index (χ4n) is 0.645. The van der Waals surface area contributed by atoms with Crippen molar-refractivity contribution in [2.75, 3.05) is 0 Å². The Balaban J connectivity index is 4.01. The van der Waals surface area contributed by atoms with Gasteiger partial charge in [0.05, 0.1) is 5.83 Å². The number of rotatable bonds is 2. The van der Waals surface area contributed by atoms with Gasteiger partial charge in [0.25, 0.3) is 0 Å². The fourth-order valence-corrected chi connectivity index (χ4v) is 0.645. The molecule has 0 aliphatic carbocycles. The highest BCUT2D eigenvalue weighted by Gasteiger charge is 1.86. The van der Waals surface area contributed by atoms with E-state index in [9.17, 15) is 4.39 Å². The number of allylic oxidation sites excluding steroid dienone is 4. The molecule has 0 aliphatic rings. The van der Waals surface area contributed by atoms with Crippen LogP contribution >= 0.6 is 0 Å². The van der Waals surface area contributed by atoms with Gasteiger partial charge in [-0.2, -0.15) is 0 Å². The number of hydrogen-bond acceptors (Lipinski definition) is 0. The number of halogens is 1. The van der Waals surface area contributed by atoms with Crippen molar-refractivity contribution in [1.82, 2.24) is 0 Å². The molecule has 0 nitrogen and oxygen atoms in total. The van der Waals surface area contributed by atoms with E-state index in [0.29, 0.717) is 0 Å². The van der Waals surface area contributed by atoms with Crippen molar-refractivity contribution in [2.24, 2.45) is 0 Å². The van der Waals surface area contributed by atoms with Crippen LogP contribution in [0.4, 0.5) is 4.39 Å². The van der Waals surface area contributed by atoms with Crippen molar-refractivity contribution in [1.29, 1.82) is 0 Å². The second-order valence-electron chi connectivity index (χ2n) is 1.95. The van der Waals surface area contributed by atoms with E-state index < -0.39 is 0 Å². The molecule has 0 aromatic heterocycles. The molecule has 0 fully saturated rings. The molecule has 0 saturated carbocycles. The van der Waals surface area contributed by atoms with Crippen LogP contribution in [-0.2, 0) is 0 Å². The summed E-state index contributed by atoms with van der Waals surface area (Å²) in [5, 5.41) is 0. The summed E-state index contributed by atoms with van der Waals surface area (Å²) in [7, 11) is 0. The van der Waals surface area contributed by atoms with Crippen molar-refractivity contribution in [3.63, 3.8) is 0 Å². The van der Waals surface area contributed by atoms with Gasteiger partial charge in [-0.3, -0.25) is 0 Å². The molecule has 0 aromatic rings. The summed E-state index contributed by atoms with van der Waals surface area (Å²) in [5.41, 5.74) is 1.05. The Bertz CT molecular complexity index is 128. The number of hydrogen-bond donors (Lipinski definition) is 0. The first-order chi connectivity index (χ1) is 4.20. The van der Waals surface area contributed by atoms with Gasteiger partial charge in [-0.1, -0.05) is 18.6 Å². The molecule has 0 radical (unpaired) electrons. The van der Waals surface area contributed by atoms with E-state index in [2.05, 4.69) is 0 Å². The highest BCUT2D eigenvalue weighted by molar-refractivity contribution is 5.18. The molecular weight excluding hydrogens is 115 g/mol. The zero-order valence-corrected chi connectivity index (χ0v) is 6.24. The molecule has 52 valence electrons. The zero-order valence-electron chi connectivity index (χ0n) is 6.24. The first-order valence-electron chi connectivity index (χ1n) is 3.19. The largest absolute Gasteiger partial charge is 0.212 e. The van der Waals surface area contributed by atoms with Gasteiger partial charge in [-0.25, -0.2) is 4.39 Å². The molecule has 0 rings (SSSR count). The Kier molecular flexibility index (Phi) is 4.02. The third-order valence-corrected chi connectivity index (χ3v) is 1.16. The minimum atomic E-state index is -0.120. The summed E-state index contributed by atoms with van der Waals surface area (Å²) in [4.78, 5) is 0. The second-order valence-corrected chi connectivity index (χ2v) is 1.95. The van der Waals surface area contributed by atoms with Crippen LogP contribution in [0.3, 0.4) is 0 Å². The van der Waals surface area contributed by atoms with E-state index in [-0.39, 0.29) is 5.83 Å². The maximum Gasteiger partial charge on any atom is 0.0971 e. The highest BCUT2D eigenvalue weighted by atomic mass is 19.1. The summed E-state index contributed by atoms with van der Waals surface area (Å²) >= 11 is 0. The maximum absolute atomic E-state index is 12.1. The molecule has 0 aromatic carbocycles. The Morgan fingerprint density at radius 1 is 1.56 bits per heavy atom. The second kappa shape index (κ2) is 4.30. The molecule has 0 spiro atoms. The summed E-state index contributed by atoms with van der Waals surface area (Å²) in [6.07, 6.45) is 4.38. The Morgan fingerprint density at radius 2 is 2.11 bits per heavy atom. The van der Waals surface area contributed by atoms with Crippen molar-refractivity contribution in [3.8, 4) is 0 Å². The third-order valence-electron chi connectivity index (χ3n) is 1.16. The van der Waals surface area contributed by atoms with Crippen LogP contribution in [0.25, 0.3) is 0 Å². The van der Waals surface area contributed by atoms with Crippen LogP contribution in [0, 0.1) is 0 Å². The van der Waals surface area contributed by atoms with E-state index in [1.807, 2.05) is 19.9 Å². The third kappa shape index (κ3) is 3.95. The minimum absolute atomic E-state index is 0.120. The van der Waals surface area contributed by atoms with Gasteiger partial charge >= 0.3 is 0 Å². The normalized spacial score (nSPS) is 14.2. The van der Waals surface area contributed by atoms with Gasteiger partial charge in [0.2, 0.25) is 0 Å². The lowest BCUT2D eigenvalue weighted by atomic mass is 10.2. The van der Waals surface area contributed by atoms with Crippen LogP contribution in [0.15, 0.2) is 23.6 Å². The molecule has 0 N–H and O–H groups in total. The molecule has 0 saturated heterocycles. The molecule has 0 amide bonds. The van der Waals surface area contributed by atoms with Gasteiger partial charge in [0, 0.05) is 0 Å². The van der Waals surface area contributed by atoms with Crippen molar-refractivity contribution < 1.29 is 4.39 Å². The van der Waals surface area contributed by atoms with Gasteiger partial charge in [-0.05, 0) is 26.3 Å². The topological polar surface area (TPSA) is 0 Å². The average molecular weight is 128 g/mol. The zero-order chi connectivity index (χ0) is 7.28. The standard InChI is InChI=1S/C8H13F/c1-4-8(5-2)6-7(3)9/h4,6H,5H2,1-3H3/b7-6+,8-4-. The minimum Gasteiger partial charge on any atom is -0.212 e. The Morgan fingerprint density at radius 3 is 2.22 bits per heavy atom. The van der Waals surface area contributed by atoms with Gasteiger partial charge in [-0.15, -0.1) is 0 Å². The molecule has 0 unspecified atom stereocenters. The molecule has 0 bridgehead atoms. The molecule has 0 atom stereocenters. The van der Waals surface area contributed by atoms with Crippen molar-refractivity contribution in [2.45, 2.75) is 27.2 Å². The van der Waals surface area contributed by atoms with Crippen LogP contribution in [-0.4, -0.2) is 0 Å². The van der Waals surface area contributed by atoms with Gasteiger partial charge in [0.15, 0.2) is 0 Å². The van der Waals surface area contributed by atoms with Crippen LogP contribution < -0.4 is 0 Å². The van der Waals surface area contributed by atoms with E-state index in [0.717, 1.165) is 12.0 Å². The van der Waals surface area contributed by atoms with Crippen LogP contribution in [0.1, 0.15) is 27.2 Å². The van der Waals surface area contributed by atoms with Gasteiger partial charge < -0.3 is 0 Å². The quantitative estimate of drug-likeness (QED) is 0.501. The lowest BCUT2D eigenvalue weighted by Crippen LogP contribution is -1.73. The van der Waals surface area contributed by atoms with E-state index >= 15 is 0 Å². The molecule has 0 aliphatic heterocycles. The maximum atomic E-state index is 12.1. The highest BCUT2D eigenvalue weighted by Crippen LogP contribution is 2.06. The fraction of sp³-hybridized carbons (Fsp3) is 0.500. The average Bonchev–Trinajstić information content (AvgIpc) is 1.82. The van der Waals surface area contributed by atoms with Crippen LogP contribution in [0.2, 0.25) is 0 Å². The van der Waals surface area contributed by atoms with E-state index in [4.69, 9.17) is 0 Å². The summed E-state index contributed by atoms with van der Waals surface area (Å²) < 4.78 is 12.1. The van der Waals surface area contributed by atoms with Crippen LogP contribution in [0.5, 0.6) is 0 Å². The first kappa shape index (κ1) is 8.41. The molecule has 0 heterocycles. The van der Waals surface area contributed by atoms with E-state index in [1.165, 1.54) is 6.92 Å².